The molecule has 2 aromatic heterocycles. The van der Waals surface area contributed by atoms with Gasteiger partial charge in [-0.3, -0.25) is 0 Å². The Balaban J connectivity index is 2.32. The van der Waals surface area contributed by atoms with Crippen molar-refractivity contribution >= 4 is 5.65 Å². The minimum Gasteiger partial charge on any atom is -0.306 e. The summed E-state index contributed by atoms with van der Waals surface area (Å²) in [5.74, 6) is 0. The van der Waals surface area contributed by atoms with Crippen LogP contribution in [0.2, 0.25) is 0 Å². The maximum Gasteiger partial charge on any atom is 0.137 e. The van der Waals surface area contributed by atoms with Gasteiger partial charge >= 0.3 is 0 Å². The van der Waals surface area contributed by atoms with E-state index in [4.69, 9.17) is 4.98 Å². The molecule has 0 N–H and O–H groups in total. The first-order valence-corrected chi connectivity index (χ1v) is 6.59. The first-order valence-electron chi connectivity index (χ1n) is 6.59. The average Bonchev–Trinajstić information content (AvgIpc) is 2.80. The lowest BCUT2D eigenvalue weighted by Crippen LogP contribution is -1.95. The Hall–Kier alpha value is -2.09. The summed E-state index contributed by atoms with van der Waals surface area (Å²) in [6, 6.07) is 8.34. The topological polar surface area (TPSA) is 17.3 Å². The van der Waals surface area contributed by atoms with Gasteiger partial charge in [-0.2, -0.15) is 0 Å². The number of hydrogen-bond acceptors (Lipinski definition) is 1. The Morgan fingerprint density at radius 2 is 1.63 bits per heavy atom. The molecule has 3 rings (SSSR count). The average molecular weight is 250 g/mol. The zero-order valence-electron chi connectivity index (χ0n) is 11.9. The van der Waals surface area contributed by atoms with Crippen LogP contribution < -0.4 is 0 Å². The van der Waals surface area contributed by atoms with Crippen molar-refractivity contribution in [1.29, 1.82) is 0 Å². The van der Waals surface area contributed by atoms with Gasteiger partial charge in [0.05, 0.1) is 5.69 Å². The standard InChI is InChI=1S/C17H18N2/c1-11-9-12(2)14(4)17(13(11)3)15-10-19-8-6-5-7-16(19)18-15/h5-10H,1-4H3. The summed E-state index contributed by atoms with van der Waals surface area (Å²) in [7, 11) is 0. The second kappa shape index (κ2) is 4.23. The molecule has 0 aliphatic carbocycles. The zero-order valence-corrected chi connectivity index (χ0v) is 11.9. The molecule has 2 heterocycles. The van der Waals surface area contributed by atoms with Crippen LogP contribution in [0.5, 0.6) is 0 Å². The third-order valence-electron chi connectivity index (χ3n) is 3.99. The lowest BCUT2D eigenvalue weighted by molar-refractivity contribution is 1.19. The number of rotatable bonds is 1. The Labute approximate surface area is 113 Å². The van der Waals surface area contributed by atoms with Gasteiger partial charge in [0, 0.05) is 18.0 Å². The van der Waals surface area contributed by atoms with Crippen molar-refractivity contribution in [3.05, 3.63) is 58.9 Å². The molecule has 0 spiro atoms. The van der Waals surface area contributed by atoms with Crippen LogP contribution in [0.3, 0.4) is 0 Å². The summed E-state index contributed by atoms with van der Waals surface area (Å²) in [5, 5.41) is 0. The molecule has 96 valence electrons. The number of benzene rings is 1. The van der Waals surface area contributed by atoms with Crippen LogP contribution in [0.15, 0.2) is 36.7 Å². The van der Waals surface area contributed by atoms with E-state index in [2.05, 4.69) is 44.4 Å². The fraction of sp³-hybridized carbons (Fsp3) is 0.235. The van der Waals surface area contributed by atoms with Crippen molar-refractivity contribution in [3.63, 3.8) is 0 Å². The lowest BCUT2D eigenvalue weighted by Gasteiger charge is -2.13. The van der Waals surface area contributed by atoms with Crippen LogP contribution >= 0.6 is 0 Å². The van der Waals surface area contributed by atoms with Crippen LogP contribution in [-0.4, -0.2) is 9.38 Å². The molecule has 19 heavy (non-hydrogen) atoms. The molecule has 0 aliphatic heterocycles. The Morgan fingerprint density at radius 1 is 0.947 bits per heavy atom. The van der Waals surface area contributed by atoms with Gasteiger partial charge in [-0.15, -0.1) is 0 Å². The molecule has 0 amide bonds. The molecule has 0 atom stereocenters. The highest BCUT2D eigenvalue weighted by atomic mass is 15.0. The summed E-state index contributed by atoms with van der Waals surface area (Å²) in [6.07, 6.45) is 4.16. The molecule has 0 bridgehead atoms. The van der Waals surface area contributed by atoms with Crippen molar-refractivity contribution in [2.24, 2.45) is 0 Å². The molecule has 0 saturated heterocycles. The number of aromatic nitrogens is 2. The smallest absolute Gasteiger partial charge is 0.137 e. The minimum atomic E-state index is 0.996. The molecule has 0 aliphatic rings. The minimum absolute atomic E-state index is 0.996. The fourth-order valence-electron chi connectivity index (χ4n) is 2.66. The van der Waals surface area contributed by atoms with Gasteiger partial charge in [0.1, 0.15) is 5.65 Å². The number of nitrogens with zero attached hydrogens (tertiary/aromatic N) is 2. The molecular weight excluding hydrogens is 232 g/mol. The predicted octanol–water partition coefficient (Wildman–Crippen LogP) is 4.23. The number of pyridine rings is 1. The lowest BCUT2D eigenvalue weighted by atomic mass is 9.93. The molecule has 1 aromatic carbocycles. The van der Waals surface area contributed by atoms with Gasteiger partial charge in [0.2, 0.25) is 0 Å². The second-order valence-electron chi connectivity index (χ2n) is 5.23. The highest BCUT2D eigenvalue weighted by molar-refractivity contribution is 5.72. The highest BCUT2D eigenvalue weighted by Gasteiger charge is 2.13. The van der Waals surface area contributed by atoms with Crippen LogP contribution in [-0.2, 0) is 0 Å². The van der Waals surface area contributed by atoms with Gasteiger partial charge in [-0.1, -0.05) is 12.1 Å². The van der Waals surface area contributed by atoms with Crippen LogP contribution in [0, 0.1) is 27.7 Å². The van der Waals surface area contributed by atoms with Gasteiger partial charge in [0.25, 0.3) is 0 Å². The second-order valence-corrected chi connectivity index (χ2v) is 5.23. The molecular formula is C17H18N2. The summed E-state index contributed by atoms with van der Waals surface area (Å²) in [6.45, 7) is 8.70. The molecule has 2 nitrogen and oxygen atoms in total. The molecule has 0 radical (unpaired) electrons. The monoisotopic (exact) mass is 250 g/mol. The maximum absolute atomic E-state index is 4.75. The molecule has 2 heteroatoms. The largest absolute Gasteiger partial charge is 0.306 e. The summed E-state index contributed by atoms with van der Waals surface area (Å²) < 4.78 is 2.08. The van der Waals surface area contributed by atoms with Crippen molar-refractivity contribution in [3.8, 4) is 11.3 Å². The van der Waals surface area contributed by atoms with E-state index < -0.39 is 0 Å². The SMILES string of the molecule is Cc1cc(C)c(C)c(-c2cn3ccccc3n2)c1C. The zero-order chi connectivity index (χ0) is 13.6. The van der Waals surface area contributed by atoms with Crippen molar-refractivity contribution in [2.75, 3.05) is 0 Å². The van der Waals surface area contributed by atoms with Crippen LogP contribution in [0.25, 0.3) is 16.9 Å². The van der Waals surface area contributed by atoms with E-state index in [1.807, 2.05) is 24.4 Å². The Kier molecular flexibility index (Phi) is 2.67. The number of hydrogen-bond donors (Lipinski definition) is 0. The number of aryl methyl sites for hydroxylation is 2. The summed E-state index contributed by atoms with van der Waals surface area (Å²) in [5.41, 5.74) is 8.65. The van der Waals surface area contributed by atoms with Gasteiger partial charge in [0.15, 0.2) is 0 Å². The predicted molar refractivity (Wildman–Crippen MR) is 79.6 cm³/mol. The number of fused-ring (bicyclic) bond motifs is 1. The van der Waals surface area contributed by atoms with E-state index in [1.54, 1.807) is 0 Å². The van der Waals surface area contributed by atoms with Gasteiger partial charge < -0.3 is 4.40 Å². The molecule has 0 saturated carbocycles. The van der Waals surface area contributed by atoms with Crippen molar-refractivity contribution < 1.29 is 0 Å². The quantitative estimate of drug-likeness (QED) is 0.631. The van der Waals surface area contributed by atoms with Crippen LogP contribution in [0.1, 0.15) is 22.3 Å². The van der Waals surface area contributed by atoms with E-state index in [0.717, 1.165) is 11.3 Å². The van der Waals surface area contributed by atoms with E-state index in [0.29, 0.717) is 0 Å². The van der Waals surface area contributed by atoms with E-state index in [1.165, 1.54) is 27.8 Å². The molecule has 3 aromatic rings. The normalized spacial score (nSPS) is 11.2. The first-order chi connectivity index (χ1) is 9.08. The third-order valence-corrected chi connectivity index (χ3v) is 3.99. The Bertz CT molecular complexity index is 707. The summed E-state index contributed by atoms with van der Waals surface area (Å²) in [4.78, 5) is 4.75. The van der Waals surface area contributed by atoms with Crippen molar-refractivity contribution in [1.82, 2.24) is 9.38 Å². The molecule has 0 unspecified atom stereocenters. The Morgan fingerprint density at radius 3 is 2.26 bits per heavy atom. The van der Waals surface area contributed by atoms with Crippen LogP contribution in [0.4, 0.5) is 0 Å². The van der Waals surface area contributed by atoms with E-state index in [9.17, 15) is 0 Å². The number of imidazole rings is 1. The summed E-state index contributed by atoms with van der Waals surface area (Å²) >= 11 is 0. The third kappa shape index (κ3) is 1.84. The fourth-order valence-corrected chi connectivity index (χ4v) is 2.66. The highest BCUT2D eigenvalue weighted by Crippen LogP contribution is 2.30. The van der Waals surface area contributed by atoms with Gasteiger partial charge in [-0.05, 0) is 62.1 Å². The molecule has 0 fully saturated rings. The van der Waals surface area contributed by atoms with E-state index in [-0.39, 0.29) is 0 Å². The maximum atomic E-state index is 4.75. The van der Waals surface area contributed by atoms with Crippen molar-refractivity contribution in [2.45, 2.75) is 27.7 Å². The first kappa shape index (κ1) is 12.0. The van der Waals surface area contributed by atoms with E-state index >= 15 is 0 Å². The van der Waals surface area contributed by atoms with Gasteiger partial charge in [-0.25, -0.2) is 4.98 Å².